The number of carbonyl (C=O) groups is 1. The highest BCUT2D eigenvalue weighted by atomic mass is 16.5. The molecule has 25 heavy (non-hydrogen) atoms. The van der Waals surface area contributed by atoms with Crippen LogP contribution in [0, 0.1) is 34.5 Å². The maximum atomic E-state index is 11.7. The van der Waals surface area contributed by atoms with Gasteiger partial charge in [-0.3, -0.25) is 4.79 Å². The molecule has 0 aliphatic heterocycles. The lowest BCUT2D eigenvalue weighted by Crippen LogP contribution is -2.53. The van der Waals surface area contributed by atoms with Crippen LogP contribution in [0.1, 0.15) is 59.3 Å². The van der Waals surface area contributed by atoms with Gasteiger partial charge in [-0.15, -0.1) is 0 Å². The Balaban J connectivity index is 1.80. The molecule has 4 nitrogen and oxygen atoms in total. The molecule has 4 heteroatoms. The molecule has 0 unspecified atom stereocenters. The van der Waals surface area contributed by atoms with Gasteiger partial charge < -0.3 is 14.9 Å². The van der Waals surface area contributed by atoms with E-state index in [4.69, 9.17) is 4.74 Å². The average molecular weight is 346 g/mol. The van der Waals surface area contributed by atoms with Crippen molar-refractivity contribution in [1.82, 2.24) is 0 Å². The van der Waals surface area contributed by atoms with Gasteiger partial charge in [-0.1, -0.05) is 26.3 Å². The molecule has 4 rings (SSSR count). The molecule has 6 atom stereocenters. The smallest absolute Gasteiger partial charge is 0.307 e. The molecular weight excluding hydrogens is 316 g/mol. The number of ether oxygens (including phenoxy) is 1. The molecule has 0 spiro atoms. The van der Waals surface area contributed by atoms with Crippen molar-refractivity contribution < 1.29 is 19.7 Å². The van der Waals surface area contributed by atoms with E-state index in [0.29, 0.717) is 17.3 Å². The Bertz CT molecular complexity index is 648. The molecule has 0 amide bonds. The summed E-state index contributed by atoms with van der Waals surface area (Å²) in [4.78, 5) is 11.7. The van der Waals surface area contributed by atoms with Crippen molar-refractivity contribution in [2.75, 3.05) is 0 Å². The van der Waals surface area contributed by atoms with Crippen LogP contribution >= 0.6 is 0 Å². The molecule has 4 aliphatic carbocycles. The third-order valence-electron chi connectivity index (χ3n) is 7.83. The van der Waals surface area contributed by atoms with Gasteiger partial charge in [-0.05, 0) is 66.4 Å². The van der Waals surface area contributed by atoms with Crippen molar-refractivity contribution in [3.8, 4) is 0 Å². The standard InChI is InChI=1S/C21H30O4/c1-13(22)25-17-11-14-12-21(23,24)10-9-20(14,3)16-6-8-19(2)7-4-5-15(19)18(16)17/h9-11,14-16,18,23-24H,4-8,12H2,1-3H3/t14-,15+,16+,18+,19+,20+/m1/s1. The Labute approximate surface area is 149 Å². The second-order valence-electron chi connectivity index (χ2n) is 9.37. The van der Waals surface area contributed by atoms with Crippen molar-refractivity contribution in [2.24, 2.45) is 34.5 Å². The molecule has 2 fully saturated rings. The van der Waals surface area contributed by atoms with E-state index in [9.17, 15) is 15.0 Å². The number of carbonyl (C=O) groups excluding carboxylic acids is 1. The van der Waals surface area contributed by atoms with Crippen LogP contribution in [0.5, 0.6) is 0 Å². The lowest BCUT2D eigenvalue weighted by molar-refractivity contribution is -0.156. The van der Waals surface area contributed by atoms with Crippen LogP contribution in [0.15, 0.2) is 24.0 Å². The van der Waals surface area contributed by atoms with Gasteiger partial charge in [0, 0.05) is 19.3 Å². The number of fused-ring (bicyclic) bond motifs is 5. The minimum absolute atomic E-state index is 0.0196. The first kappa shape index (κ1) is 17.3. The Hall–Kier alpha value is -1.13. The van der Waals surface area contributed by atoms with Crippen molar-refractivity contribution in [3.05, 3.63) is 24.0 Å². The van der Waals surface area contributed by atoms with Gasteiger partial charge in [0.2, 0.25) is 0 Å². The molecule has 138 valence electrons. The number of hydrogen-bond acceptors (Lipinski definition) is 4. The summed E-state index contributed by atoms with van der Waals surface area (Å²) >= 11 is 0. The fourth-order valence-corrected chi connectivity index (χ4v) is 6.49. The van der Waals surface area contributed by atoms with Crippen LogP contribution in [0.25, 0.3) is 0 Å². The Morgan fingerprint density at radius 1 is 1.16 bits per heavy atom. The minimum Gasteiger partial charge on any atom is -0.431 e. The highest BCUT2D eigenvalue weighted by molar-refractivity contribution is 5.67. The molecule has 2 saturated carbocycles. The van der Waals surface area contributed by atoms with Crippen molar-refractivity contribution in [1.29, 1.82) is 0 Å². The predicted octanol–water partition coefficient (Wildman–Crippen LogP) is 3.54. The van der Waals surface area contributed by atoms with Crippen LogP contribution in [-0.4, -0.2) is 22.0 Å². The molecule has 0 aromatic rings. The lowest BCUT2D eigenvalue weighted by atomic mass is 9.48. The van der Waals surface area contributed by atoms with Crippen molar-refractivity contribution in [2.45, 2.75) is 65.1 Å². The normalized spacial score (nSPS) is 47.3. The van der Waals surface area contributed by atoms with E-state index in [1.165, 1.54) is 32.6 Å². The van der Waals surface area contributed by atoms with Crippen molar-refractivity contribution >= 4 is 5.97 Å². The SMILES string of the molecule is CC(=O)OC1=C[C@@H]2CC(O)(O)C=C[C@]2(C)[C@H]2CC[C@]3(C)CCC[C@H]3[C@H]12. The first-order valence-corrected chi connectivity index (χ1v) is 9.70. The summed E-state index contributed by atoms with van der Waals surface area (Å²) in [7, 11) is 0. The van der Waals surface area contributed by atoms with Crippen LogP contribution in [0.3, 0.4) is 0 Å². The molecule has 0 aromatic carbocycles. The molecule has 0 radical (unpaired) electrons. The van der Waals surface area contributed by atoms with E-state index >= 15 is 0 Å². The van der Waals surface area contributed by atoms with Crippen molar-refractivity contribution in [3.63, 3.8) is 0 Å². The van der Waals surface area contributed by atoms with Crippen LogP contribution in [-0.2, 0) is 9.53 Å². The van der Waals surface area contributed by atoms with Gasteiger partial charge in [0.05, 0.1) is 0 Å². The Kier molecular flexibility index (Phi) is 3.76. The topological polar surface area (TPSA) is 66.8 Å². The zero-order valence-corrected chi connectivity index (χ0v) is 15.5. The first-order valence-electron chi connectivity index (χ1n) is 9.70. The van der Waals surface area contributed by atoms with E-state index in [-0.39, 0.29) is 29.6 Å². The second kappa shape index (κ2) is 5.43. The van der Waals surface area contributed by atoms with E-state index < -0.39 is 5.79 Å². The largest absolute Gasteiger partial charge is 0.431 e. The summed E-state index contributed by atoms with van der Waals surface area (Å²) in [5.74, 6) is -0.0627. The zero-order valence-electron chi connectivity index (χ0n) is 15.5. The fourth-order valence-electron chi connectivity index (χ4n) is 6.49. The third-order valence-corrected chi connectivity index (χ3v) is 7.83. The van der Waals surface area contributed by atoms with Crippen LogP contribution < -0.4 is 0 Å². The number of rotatable bonds is 1. The van der Waals surface area contributed by atoms with Gasteiger partial charge >= 0.3 is 5.97 Å². The lowest BCUT2D eigenvalue weighted by Gasteiger charge is -2.57. The summed E-state index contributed by atoms with van der Waals surface area (Å²) in [5.41, 5.74) is 0.243. The van der Waals surface area contributed by atoms with E-state index in [1.54, 1.807) is 6.08 Å². The number of aliphatic hydroxyl groups is 2. The summed E-state index contributed by atoms with van der Waals surface area (Å²) in [6.07, 6.45) is 11.9. The van der Waals surface area contributed by atoms with Gasteiger partial charge in [-0.2, -0.15) is 0 Å². The summed E-state index contributed by atoms with van der Waals surface area (Å²) in [5, 5.41) is 20.2. The molecule has 0 bridgehead atoms. The highest BCUT2D eigenvalue weighted by Crippen LogP contribution is 2.65. The maximum Gasteiger partial charge on any atom is 0.307 e. The number of allylic oxidation sites excluding steroid dienone is 3. The minimum atomic E-state index is -1.77. The predicted molar refractivity (Wildman–Crippen MR) is 94.0 cm³/mol. The maximum absolute atomic E-state index is 11.7. The molecule has 0 aromatic heterocycles. The fraction of sp³-hybridized carbons (Fsp3) is 0.762. The zero-order chi connectivity index (χ0) is 18.0. The van der Waals surface area contributed by atoms with E-state index in [1.807, 2.05) is 12.2 Å². The molecule has 0 heterocycles. The van der Waals surface area contributed by atoms with Gasteiger partial charge in [0.15, 0.2) is 5.79 Å². The Morgan fingerprint density at radius 3 is 2.64 bits per heavy atom. The van der Waals surface area contributed by atoms with Crippen LogP contribution in [0.2, 0.25) is 0 Å². The van der Waals surface area contributed by atoms with Gasteiger partial charge in [0.25, 0.3) is 0 Å². The number of hydrogen-bond donors (Lipinski definition) is 2. The van der Waals surface area contributed by atoms with Gasteiger partial charge in [-0.25, -0.2) is 0 Å². The summed E-state index contributed by atoms with van der Waals surface area (Å²) < 4.78 is 5.71. The molecule has 2 N–H and O–H groups in total. The third kappa shape index (κ3) is 2.60. The number of esters is 1. The molecule has 0 saturated heterocycles. The second-order valence-corrected chi connectivity index (χ2v) is 9.37. The monoisotopic (exact) mass is 346 g/mol. The summed E-state index contributed by atoms with van der Waals surface area (Å²) in [6, 6.07) is 0. The quantitative estimate of drug-likeness (QED) is 0.433. The highest BCUT2D eigenvalue weighted by Gasteiger charge is 2.59. The summed E-state index contributed by atoms with van der Waals surface area (Å²) in [6.45, 7) is 6.12. The average Bonchev–Trinajstić information content (AvgIpc) is 2.90. The Morgan fingerprint density at radius 2 is 1.92 bits per heavy atom. The van der Waals surface area contributed by atoms with E-state index in [2.05, 4.69) is 13.8 Å². The van der Waals surface area contributed by atoms with Crippen LogP contribution in [0.4, 0.5) is 0 Å². The van der Waals surface area contributed by atoms with Gasteiger partial charge in [0.1, 0.15) is 5.76 Å². The molecule has 4 aliphatic rings. The van der Waals surface area contributed by atoms with E-state index in [0.717, 1.165) is 12.2 Å². The first-order chi connectivity index (χ1) is 11.6. The molecular formula is C21H30O4.